The Morgan fingerprint density at radius 3 is 2.55 bits per heavy atom. The molecule has 0 spiro atoms. The molecule has 10 heteroatoms. The fraction of sp³-hybridized carbons (Fsp3) is 0.304. The average Bonchev–Trinajstić information content (AvgIpc) is 3.31. The molecule has 3 heterocycles. The van der Waals surface area contributed by atoms with E-state index in [4.69, 9.17) is 4.74 Å². The van der Waals surface area contributed by atoms with Crippen LogP contribution in [0.4, 0.5) is 10.1 Å². The smallest absolute Gasteiger partial charge is 0.236 e. The van der Waals surface area contributed by atoms with Gasteiger partial charge in [0, 0.05) is 23.2 Å². The van der Waals surface area contributed by atoms with Gasteiger partial charge in [0.1, 0.15) is 17.4 Å². The molecule has 1 N–H and O–H groups in total. The number of halogens is 1. The first-order valence-electron chi connectivity index (χ1n) is 10.4. The zero-order valence-electron chi connectivity index (χ0n) is 19.2. The van der Waals surface area contributed by atoms with Gasteiger partial charge in [0.2, 0.25) is 10.0 Å². The number of rotatable bonds is 3. The molecule has 0 unspecified atom stereocenters. The third kappa shape index (κ3) is 3.04. The Morgan fingerprint density at radius 2 is 1.88 bits per heavy atom. The normalized spacial score (nSPS) is 14.6. The summed E-state index contributed by atoms with van der Waals surface area (Å²) in [4.78, 5) is 0. The van der Waals surface area contributed by atoms with E-state index in [1.807, 2.05) is 32.3 Å². The van der Waals surface area contributed by atoms with Gasteiger partial charge in [-0.25, -0.2) is 16.8 Å². The van der Waals surface area contributed by atoms with Crippen LogP contribution in [0, 0.1) is 19.7 Å². The van der Waals surface area contributed by atoms with Crippen molar-refractivity contribution in [1.29, 1.82) is 0 Å². The molecule has 1 aliphatic heterocycles. The van der Waals surface area contributed by atoms with Crippen molar-refractivity contribution in [3.63, 3.8) is 0 Å². The van der Waals surface area contributed by atoms with Gasteiger partial charge in [0.15, 0.2) is 5.82 Å². The van der Waals surface area contributed by atoms with Crippen LogP contribution >= 0.6 is 0 Å². The number of hydrogen-bond donors (Lipinski definition) is 1. The summed E-state index contributed by atoms with van der Waals surface area (Å²) in [5.41, 5.74) is 2.88. The number of nitrogens with one attached hydrogen (secondary N) is 1. The highest BCUT2D eigenvalue weighted by Crippen LogP contribution is 2.45. The van der Waals surface area contributed by atoms with Gasteiger partial charge in [-0.2, -0.15) is 0 Å². The van der Waals surface area contributed by atoms with E-state index in [0.29, 0.717) is 44.9 Å². The maximum absolute atomic E-state index is 15.7. The number of fused-ring (bicyclic) bond motifs is 4. The topological polar surface area (TPSA) is 91.0 Å². The summed E-state index contributed by atoms with van der Waals surface area (Å²) in [6, 6.07) is 6.52. The van der Waals surface area contributed by atoms with E-state index in [1.165, 1.54) is 23.3 Å². The molecule has 4 aromatic rings. The van der Waals surface area contributed by atoms with E-state index < -0.39 is 21.4 Å². The first-order chi connectivity index (χ1) is 15.4. The summed E-state index contributed by atoms with van der Waals surface area (Å²) in [6.07, 6.45) is 2.60. The minimum Gasteiger partial charge on any atom is -0.497 e. The van der Waals surface area contributed by atoms with Gasteiger partial charge in [0.25, 0.3) is 0 Å². The number of aryl methyl sites for hydroxylation is 1. The Morgan fingerprint density at radius 1 is 1.15 bits per heavy atom. The standard InChI is InChI=1S/C23H24FN5O3S/c1-12-20(16-9-14(32-5)10-19-15(16)7-8-28(19)33(6,30)31)17(24)11-18-21(12)29-13(2)26-27-22(29)23(3,4)25-18/h7-11,25H,1-6H3. The molecule has 33 heavy (non-hydrogen) atoms. The van der Waals surface area contributed by atoms with Gasteiger partial charge in [0.05, 0.1) is 35.8 Å². The number of methoxy groups -OCH3 is 1. The minimum absolute atomic E-state index is 0.365. The van der Waals surface area contributed by atoms with Crippen LogP contribution < -0.4 is 10.1 Å². The second kappa shape index (κ2) is 6.80. The molecule has 0 saturated carbocycles. The fourth-order valence-electron chi connectivity index (χ4n) is 4.71. The van der Waals surface area contributed by atoms with Crippen molar-refractivity contribution in [3.05, 3.63) is 53.5 Å². The number of aromatic nitrogens is 4. The highest BCUT2D eigenvalue weighted by molar-refractivity contribution is 7.89. The number of hydrogen-bond acceptors (Lipinski definition) is 6. The maximum Gasteiger partial charge on any atom is 0.236 e. The van der Waals surface area contributed by atoms with E-state index >= 15 is 4.39 Å². The molecule has 172 valence electrons. The molecule has 0 aliphatic carbocycles. The molecule has 0 amide bonds. The predicted octanol–water partition coefficient (Wildman–Crippen LogP) is 4.12. The van der Waals surface area contributed by atoms with Crippen LogP contribution in [0.3, 0.4) is 0 Å². The Hall–Kier alpha value is -3.40. The quantitative estimate of drug-likeness (QED) is 0.485. The summed E-state index contributed by atoms with van der Waals surface area (Å²) in [6.45, 7) is 7.65. The number of benzene rings is 2. The summed E-state index contributed by atoms with van der Waals surface area (Å²) in [7, 11) is -2.07. The highest BCUT2D eigenvalue weighted by atomic mass is 32.2. The first-order valence-corrected chi connectivity index (χ1v) is 12.2. The maximum atomic E-state index is 15.7. The van der Waals surface area contributed by atoms with Crippen LogP contribution in [0.1, 0.15) is 31.1 Å². The number of anilines is 1. The van der Waals surface area contributed by atoms with Gasteiger partial charge in [-0.1, -0.05) is 0 Å². The van der Waals surface area contributed by atoms with Crippen LogP contribution in [0.15, 0.2) is 30.5 Å². The van der Waals surface area contributed by atoms with Crippen LogP contribution in [0.5, 0.6) is 5.75 Å². The predicted molar refractivity (Wildman–Crippen MR) is 125 cm³/mol. The average molecular weight is 470 g/mol. The molecule has 8 nitrogen and oxygen atoms in total. The van der Waals surface area contributed by atoms with Crippen LogP contribution in [0.25, 0.3) is 27.7 Å². The molecule has 0 radical (unpaired) electrons. The van der Waals surface area contributed by atoms with Gasteiger partial charge in [-0.3, -0.25) is 4.57 Å². The van der Waals surface area contributed by atoms with Crippen molar-refractivity contribution in [2.45, 2.75) is 33.2 Å². The molecular weight excluding hydrogens is 445 g/mol. The summed E-state index contributed by atoms with van der Waals surface area (Å²) in [5.74, 6) is 1.43. The van der Waals surface area contributed by atoms with Gasteiger partial charge < -0.3 is 10.1 Å². The molecule has 0 bridgehead atoms. The van der Waals surface area contributed by atoms with Crippen LogP contribution in [-0.2, 0) is 15.6 Å². The van der Waals surface area contributed by atoms with Crippen molar-refractivity contribution in [2.24, 2.45) is 0 Å². The van der Waals surface area contributed by atoms with E-state index in [2.05, 4.69) is 15.5 Å². The minimum atomic E-state index is -3.56. The lowest BCUT2D eigenvalue weighted by Gasteiger charge is -2.35. The number of ether oxygens (including phenoxy) is 1. The van der Waals surface area contributed by atoms with Gasteiger partial charge >= 0.3 is 0 Å². The first kappa shape index (κ1) is 21.4. The zero-order valence-corrected chi connectivity index (χ0v) is 20.0. The number of nitrogens with zero attached hydrogens (tertiary/aromatic N) is 4. The highest BCUT2D eigenvalue weighted by Gasteiger charge is 2.36. The van der Waals surface area contributed by atoms with Gasteiger partial charge in [-0.05, 0) is 57.0 Å². The lowest BCUT2D eigenvalue weighted by Crippen LogP contribution is -2.36. The van der Waals surface area contributed by atoms with E-state index in [9.17, 15) is 8.42 Å². The second-order valence-electron chi connectivity index (χ2n) is 8.89. The Kier molecular flexibility index (Phi) is 4.42. The largest absolute Gasteiger partial charge is 0.497 e. The summed E-state index contributed by atoms with van der Waals surface area (Å²) >= 11 is 0. The van der Waals surface area contributed by atoms with Crippen molar-refractivity contribution < 1.29 is 17.5 Å². The van der Waals surface area contributed by atoms with Crippen LogP contribution in [0.2, 0.25) is 0 Å². The molecule has 5 rings (SSSR count). The fourth-order valence-corrected chi connectivity index (χ4v) is 5.50. The van der Waals surface area contributed by atoms with Crippen molar-refractivity contribution in [1.82, 2.24) is 18.7 Å². The van der Waals surface area contributed by atoms with Crippen molar-refractivity contribution in [3.8, 4) is 22.6 Å². The molecule has 0 saturated heterocycles. The molecule has 2 aromatic carbocycles. The summed E-state index contributed by atoms with van der Waals surface area (Å²) < 4.78 is 48.9. The summed E-state index contributed by atoms with van der Waals surface area (Å²) in [5, 5.41) is 12.6. The third-order valence-electron chi connectivity index (χ3n) is 6.16. The Bertz CT molecular complexity index is 1570. The van der Waals surface area contributed by atoms with Gasteiger partial charge in [-0.15, -0.1) is 10.2 Å². The van der Waals surface area contributed by atoms with Crippen LogP contribution in [-0.4, -0.2) is 40.5 Å². The Labute approximate surface area is 191 Å². The van der Waals surface area contributed by atoms with E-state index in [1.54, 1.807) is 18.2 Å². The van der Waals surface area contributed by atoms with Crippen molar-refractivity contribution >= 4 is 26.6 Å². The molecule has 0 fully saturated rings. The monoisotopic (exact) mass is 469 g/mol. The second-order valence-corrected chi connectivity index (χ2v) is 10.8. The third-order valence-corrected chi connectivity index (χ3v) is 7.19. The van der Waals surface area contributed by atoms with E-state index in [-0.39, 0.29) is 0 Å². The lowest BCUT2D eigenvalue weighted by atomic mass is 9.91. The molecular formula is C23H24FN5O3S. The van der Waals surface area contributed by atoms with Crippen molar-refractivity contribution in [2.75, 3.05) is 18.7 Å². The Balaban J connectivity index is 1.87. The molecule has 1 aliphatic rings. The lowest BCUT2D eigenvalue weighted by molar-refractivity contribution is 0.415. The SMILES string of the molecule is COc1cc(-c2c(F)cc3c(c2C)-n2c(C)nnc2C(C)(C)N3)c2ccn(S(C)(=O)=O)c2c1. The molecule has 0 atom stereocenters. The van der Waals surface area contributed by atoms with E-state index in [0.717, 1.165) is 17.8 Å². The zero-order chi connectivity index (χ0) is 23.9. The molecule has 2 aromatic heterocycles.